The fourth-order valence-electron chi connectivity index (χ4n) is 1.29. The minimum Gasteiger partial charge on any atom is -0.462 e. The van der Waals surface area contributed by atoms with Crippen LogP contribution in [0.4, 0.5) is 0 Å². The molecular formula is C14H22O4. The highest BCUT2D eigenvalue weighted by molar-refractivity contribution is 5.66. The molecule has 1 unspecified atom stereocenters. The molecule has 0 saturated heterocycles. The van der Waals surface area contributed by atoms with E-state index in [-0.39, 0.29) is 24.6 Å². The molecule has 0 aromatic heterocycles. The van der Waals surface area contributed by atoms with Crippen molar-refractivity contribution in [2.45, 2.75) is 47.1 Å². The van der Waals surface area contributed by atoms with E-state index in [1.807, 2.05) is 26.8 Å². The maximum Gasteiger partial charge on any atom is 0.303 e. The molecule has 4 heteroatoms. The highest BCUT2D eigenvalue weighted by atomic mass is 16.5. The molecule has 0 saturated carbocycles. The summed E-state index contributed by atoms with van der Waals surface area (Å²) < 4.78 is 10.0. The van der Waals surface area contributed by atoms with Gasteiger partial charge in [0.25, 0.3) is 0 Å². The molecule has 0 amide bonds. The number of ether oxygens (including phenoxy) is 2. The van der Waals surface area contributed by atoms with E-state index in [1.54, 1.807) is 6.08 Å². The van der Waals surface area contributed by atoms with E-state index >= 15 is 0 Å². The third-order valence-electron chi connectivity index (χ3n) is 2.25. The third-order valence-corrected chi connectivity index (χ3v) is 2.25. The van der Waals surface area contributed by atoms with Crippen LogP contribution in [-0.2, 0) is 19.1 Å². The summed E-state index contributed by atoms with van der Waals surface area (Å²) in [5, 5.41) is 0. The number of hydrogen-bond donors (Lipinski definition) is 0. The van der Waals surface area contributed by atoms with E-state index in [1.165, 1.54) is 19.4 Å². The SMILES string of the molecule is CC(=O)OC/C=C(\C)C(CC=C(C)C)OC(C)=O. The second-order valence-electron chi connectivity index (χ2n) is 4.37. The second kappa shape index (κ2) is 8.50. The van der Waals surface area contributed by atoms with Crippen molar-refractivity contribution in [2.75, 3.05) is 6.61 Å². The summed E-state index contributed by atoms with van der Waals surface area (Å²) in [7, 11) is 0. The average molecular weight is 254 g/mol. The molecule has 18 heavy (non-hydrogen) atoms. The van der Waals surface area contributed by atoms with Crippen LogP contribution in [0.3, 0.4) is 0 Å². The topological polar surface area (TPSA) is 52.6 Å². The van der Waals surface area contributed by atoms with Crippen molar-refractivity contribution in [2.24, 2.45) is 0 Å². The van der Waals surface area contributed by atoms with Crippen LogP contribution in [0.25, 0.3) is 0 Å². The Labute approximate surface area is 109 Å². The van der Waals surface area contributed by atoms with Gasteiger partial charge in [-0.2, -0.15) is 0 Å². The summed E-state index contributed by atoms with van der Waals surface area (Å²) in [6.45, 7) is 8.78. The summed E-state index contributed by atoms with van der Waals surface area (Å²) in [5.41, 5.74) is 2.05. The standard InChI is InChI=1S/C14H22O4/c1-10(2)6-7-14(18-13(5)16)11(3)8-9-17-12(4)15/h6,8,14H,7,9H2,1-5H3/b11-8+. The molecule has 0 heterocycles. The van der Waals surface area contributed by atoms with Crippen LogP contribution in [0.5, 0.6) is 0 Å². The van der Waals surface area contributed by atoms with Gasteiger partial charge in [0.05, 0.1) is 0 Å². The van der Waals surface area contributed by atoms with Crippen LogP contribution in [-0.4, -0.2) is 24.6 Å². The quantitative estimate of drug-likeness (QED) is 0.540. The van der Waals surface area contributed by atoms with Gasteiger partial charge in [0.15, 0.2) is 0 Å². The average Bonchev–Trinajstić information content (AvgIpc) is 2.22. The van der Waals surface area contributed by atoms with Gasteiger partial charge in [-0.25, -0.2) is 0 Å². The Morgan fingerprint density at radius 1 is 1.00 bits per heavy atom. The predicted molar refractivity (Wildman–Crippen MR) is 70.0 cm³/mol. The van der Waals surface area contributed by atoms with Gasteiger partial charge < -0.3 is 9.47 Å². The molecule has 4 nitrogen and oxygen atoms in total. The van der Waals surface area contributed by atoms with Gasteiger partial charge in [-0.05, 0) is 32.4 Å². The van der Waals surface area contributed by atoms with E-state index in [0.29, 0.717) is 6.42 Å². The van der Waals surface area contributed by atoms with Crippen molar-refractivity contribution in [3.8, 4) is 0 Å². The van der Waals surface area contributed by atoms with Gasteiger partial charge in [0, 0.05) is 20.3 Å². The smallest absolute Gasteiger partial charge is 0.303 e. The second-order valence-corrected chi connectivity index (χ2v) is 4.37. The Hall–Kier alpha value is -1.58. The minimum atomic E-state index is -0.326. The Bertz CT molecular complexity index is 349. The molecule has 0 aliphatic heterocycles. The Kier molecular flexibility index (Phi) is 7.76. The minimum absolute atomic E-state index is 0.202. The van der Waals surface area contributed by atoms with E-state index in [9.17, 15) is 9.59 Å². The number of rotatable bonds is 6. The van der Waals surface area contributed by atoms with Gasteiger partial charge in [-0.15, -0.1) is 0 Å². The molecule has 0 N–H and O–H groups in total. The van der Waals surface area contributed by atoms with Gasteiger partial charge in [-0.1, -0.05) is 11.6 Å². The summed E-state index contributed by atoms with van der Waals surface area (Å²) >= 11 is 0. The lowest BCUT2D eigenvalue weighted by molar-refractivity contribution is -0.144. The molecule has 0 aromatic rings. The monoisotopic (exact) mass is 254 g/mol. The van der Waals surface area contributed by atoms with Crippen molar-refractivity contribution in [3.63, 3.8) is 0 Å². The number of allylic oxidation sites excluding steroid dienone is 1. The van der Waals surface area contributed by atoms with Crippen LogP contribution in [0.2, 0.25) is 0 Å². The molecule has 0 bridgehead atoms. The first-order chi connectivity index (χ1) is 8.32. The third kappa shape index (κ3) is 8.56. The summed E-state index contributed by atoms with van der Waals surface area (Å²) in [6.07, 6.45) is 4.10. The Morgan fingerprint density at radius 3 is 2.06 bits per heavy atom. The molecule has 1 atom stereocenters. The zero-order valence-corrected chi connectivity index (χ0v) is 11.8. The van der Waals surface area contributed by atoms with Crippen molar-refractivity contribution >= 4 is 11.9 Å². The van der Waals surface area contributed by atoms with Gasteiger partial charge in [0.1, 0.15) is 12.7 Å². The molecule has 0 aliphatic rings. The molecule has 102 valence electrons. The Balaban J connectivity index is 4.56. The largest absolute Gasteiger partial charge is 0.462 e. The maximum absolute atomic E-state index is 11.0. The zero-order chi connectivity index (χ0) is 14.1. The van der Waals surface area contributed by atoms with Crippen LogP contribution in [0, 0.1) is 0 Å². The summed E-state index contributed by atoms with van der Waals surface area (Å²) in [5.74, 6) is -0.644. The number of carbonyl (C=O) groups is 2. The molecule has 0 rings (SSSR count). The molecule has 0 spiro atoms. The highest BCUT2D eigenvalue weighted by Crippen LogP contribution is 2.13. The lowest BCUT2D eigenvalue weighted by atomic mass is 10.1. The Morgan fingerprint density at radius 2 is 1.61 bits per heavy atom. The van der Waals surface area contributed by atoms with E-state index in [0.717, 1.165) is 5.57 Å². The fraction of sp³-hybridized carbons (Fsp3) is 0.571. The highest BCUT2D eigenvalue weighted by Gasteiger charge is 2.12. The normalized spacial score (nSPS) is 12.6. The molecule has 0 radical (unpaired) electrons. The number of hydrogen-bond acceptors (Lipinski definition) is 4. The molecule has 0 fully saturated rings. The van der Waals surface area contributed by atoms with Crippen molar-refractivity contribution in [1.29, 1.82) is 0 Å². The first-order valence-corrected chi connectivity index (χ1v) is 5.93. The fourth-order valence-corrected chi connectivity index (χ4v) is 1.29. The van der Waals surface area contributed by atoms with E-state index in [4.69, 9.17) is 9.47 Å². The molecule has 0 aliphatic carbocycles. The summed E-state index contributed by atoms with van der Waals surface area (Å²) in [4.78, 5) is 21.7. The van der Waals surface area contributed by atoms with Gasteiger partial charge >= 0.3 is 11.9 Å². The molecular weight excluding hydrogens is 232 g/mol. The van der Waals surface area contributed by atoms with Crippen molar-refractivity contribution < 1.29 is 19.1 Å². The number of esters is 2. The first kappa shape index (κ1) is 16.4. The van der Waals surface area contributed by atoms with E-state index in [2.05, 4.69) is 0 Å². The lowest BCUT2D eigenvalue weighted by Gasteiger charge is -2.16. The van der Waals surface area contributed by atoms with Crippen molar-refractivity contribution in [1.82, 2.24) is 0 Å². The predicted octanol–water partition coefficient (Wildman–Crippen LogP) is 2.78. The van der Waals surface area contributed by atoms with Gasteiger partial charge in [-0.3, -0.25) is 9.59 Å². The van der Waals surface area contributed by atoms with Crippen LogP contribution in [0.1, 0.15) is 41.0 Å². The number of carbonyl (C=O) groups excluding carboxylic acids is 2. The zero-order valence-electron chi connectivity index (χ0n) is 11.8. The maximum atomic E-state index is 11.0. The van der Waals surface area contributed by atoms with Crippen molar-refractivity contribution in [3.05, 3.63) is 23.3 Å². The van der Waals surface area contributed by atoms with Crippen LogP contribution in [0.15, 0.2) is 23.3 Å². The van der Waals surface area contributed by atoms with Crippen LogP contribution < -0.4 is 0 Å². The first-order valence-electron chi connectivity index (χ1n) is 5.93. The van der Waals surface area contributed by atoms with Crippen LogP contribution >= 0.6 is 0 Å². The van der Waals surface area contributed by atoms with Gasteiger partial charge in [0.2, 0.25) is 0 Å². The van der Waals surface area contributed by atoms with E-state index < -0.39 is 0 Å². The molecule has 0 aromatic carbocycles. The lowest BCUT2D eigenvalue weighted by Crippen LogP contribution is -2.17. The summed E-state index contributed by atoms with van der Waals surface area (Å²) in [6, 6.07) is 0.